The number of rotatable bonds is 5. The molecular formula is C27H31N3O3S. The molecule has 34 heavy (non-hydrogen) atoms. The van der Waals surface area contributed by atoms with Crippen LogP contribution in [0.2, 0.25) is 0 Å². The van der Waals surface area contributed by atoms with Gasteiger partial charge in [0.2, 0.25) is 5.91 Å². The van der Waals surface area contributed by atoms with Gasteiger partial charge in [0, 0.05) is 12.2 Å². The molecule has 3 heterocycles. The minimum atomic E-state index is -0.200. The lowest BCUT2D eigenvalue weighted by molar-refractivity contribution is -0.113. The second-order valence-corrected chi connectivity index (χ2v) is 10.7. The number of amides is 1. The second-order valence-electron chi connectivity index (χ2n) is 9.63. The standard InChI is InChI=1S/C27H31N3O3S/c1-18-24-25(20-9-11-22(12-10-20)32-16-19-7-5-4-6-8-19)34-17-23(31)28-26(24)30(29-18)21-13-14-33-27(2,3)15-21/h4-12,21,25H,13-17H2,1-3H3,(H,28,31). The number of carbonyl (C=O) groups is 1. The molecule has 6 nitrogen and oxygen atoms in total. The first-order valence-corrected chi connectivity index (χ1v) is 12.9. The van der Waals surface area contributed by atoms with Crippen LogP contribution in [0, 0.1) is 6.92 Å². The van der Waals surface area contributed by atoms with E-state index < -0.39 is 0 Å². The van der Waals surface area contributed by atoms with Gasteiger partial charge in [-0.25, -0.2) is 4.68 Å². The van der Waals surface area contributed by atoms with Crippen LogP contribution in [-0.4, -0.2) is 33.6 Å². The Hall–Kier alpha value is -2.77. The average Bonchev–Trinajstić information content (AvgIpc) is 3.03. The lowest BCUT2D eigenvalue weighted by Crippen LogP contribution is -2.36. The number of benzene rings is 2. The van der Waals surface area contributed by atoms with Gasteiger partial charge in [-0.05, 0) is 56.9 Å². The van der Waals surface area contributed by atoms with Crippen LogP contribution in [0.4, 0.5) is 5.82 Å². The smallest absolute Gasteiger partial charge is 0.235 e. The van der Waals surface area contributed by atoms with Crippen LogP contribution in [0.5, 0.6) is 5.75 Å². The highest BCUT2D eigenvalue weighted by atomic mass is 32.2. The van der Waals surface area contributed by atoms with Gasteiger partial charge >= 0.3 is 0 Å². The molecule has 1 aromatic heterocycles. The van der Waals surface area contributed by atoms with Gasteiger partial charge in [0.25, 0.3) is 0 Å². The number of anilines is 1. The van der Waals surface area contributed by atoms with Crippen molar-refractivity contribution < 1.29 is 14.3 Å². The van der Waals surface area contributed by atoms with Gasteiger partial charge in [0.1, 0.15) is 18.2 Å². The molecule has 2 aromatic carbocycles. The fourth-order valence-electron chi connectivity index (χ4n) is 4.82. The summed E-state index contributed by atoms with van der Waals surface area (Å²) in [5, 5.41) is 8.11. The molecule has 2 aliphatic rings. The van der Waals surface area contributed by atoms with Gasteiger partial charge in [0.15, 0.2) is 0 Å². The van der Waals surface area contributed by atoms with Crippen molar-refractivity contribution >= 4 is 23.5 Å². The van der Waals surface area contributed by atoms with Crippen LogP contribution in [0.3, 0.4) is 0 Å². The molecule has 7 heteroatoms. The van der Waals surface area contributed by atoms with E-state index in [1.807, 2.05) is 41.9 Å². The molecule has 2 atom stereocenters. The molecule has 1 saturated heterocycles. The first-order valence-electron chi connectivity index (χ1n) is 11.8. The number of hydrogen-bond acceptors (Lipinski definition) is 5. The summed E-state index contributed by atoms with van der Waals surface area (Å²) in [4.78, 5) is 12.7. The monoisotopic (exact) mass is 477 g/mol. The molecule has 1 N–H and O–H groups in total. The summed E-state index contributed by atoms with van der Waals surface area (Å²) in [6, 6.07) is 18.6. The van der Waals surface area contributed by atoms with Gasteiger partial charge in [-0.2, -0.15) is 5.10 Å². The molecule has 0 spiro atoms. The average molecular weight is 478 g/mol. The Balaban J connectivity index is 1.41. The van der Waals surface area contributed by atoms with E-state index in [1.165, 1.54) is 0 Å². The van der Waals surface area contributed by atoms with Crippen LogP contribution in [0.1, 0.15) is 60.4 Å². The quantitative estimate of drug-likeness (QED) is 0.513. The van der Waals surface area contributed by atoms with Crippen molar-refractivity contribution in [1.29, 1.82) is 0 Å². The van der Waals surface area contributed by atoms with Crippen molar-refractivity contribution in [3.63, 3.8) is 0 Å². The van der Waals surface area contributed by atoms with Crippen molar-refractivity contribution in [3.05, 3.63) is 77.0 Å². The van der Waals surface area contributed by atoms with Crippen molar-refractivity contribution in [1.82, 2.24) is 9.78 Å². The number of nitrogens with one attached hydrogen (secondary N) is 1. The maximum absolute atomic E-state index is 12.7. The summed E-state index contributed by atoms with van der Waals surface area (Å²) >= 11 is 1.65. The molecule has 1 fully saturated rings. The van der Waals surface area contributed by atoms with E-state index in [0.29, 0.717) is 19.0 Å². The number of carbonyl (C=O) groups excluding carboxylic acids is 1. The summed E-state index contributed by atoms with van der Waals surface area (Å²) in [7, 11) is 0. The Morgan fingerprint density at radius 1 is 1.18 bits per heavy atom. The number of ether oxygens (including phenoxy) is 2. The molecule has 2 unspecified atom stereocenters. The summed E-state index contributed by atoms with van der Waals surface area (Å²) in [6.07, 6.45) is 1.75. The van der Waals surface area contributed by atoms with Crippen LogP contribution in [0.15, 0.2) is 54.6 Å². The van der Waals surface area contributed by atoms with Gasteiger partial charge in [-0.3, -0.25) is 4.79 Å². The van der Waals surface area contributed by atoms with Crippen molar-refractivity contribution in [2.24, 2.45) is 0 Å². The number of hydrogen-bond donors (Lipinski definition) is 1. The van der Waals surface area contributed by atoms with Crippen molar-refractivity contribution in [2.45, 2.75) is 57.1 Å². The Bertz CT molecular complexity index is 1160. The van der Waals surface area contributed by atoms with E-state index in [2.05, 4.69) is 43.4 Å². The fraction of sp³-hybridized carbons (Fsp3) is 0.407. The highest BCUT2D eigenvalue weighted by Crippen LogP contribution is 2.45. The number of aromatic nitrogens is 2. The molecule has 5 rings (SSSR count). The minimum Gasteiger partial charge on any atom is -0.489 e. The van der Waals surface area contributed by atoms with E-state index >= 15 is 0 Å². The molecule has 3 aromatic rings. The van der Waals surface area contributed by atoms with Crippen molar-refractivity contribution in [2.75, 3.05) is 17.7 Å². The highest BCUT2D eigenvalue weighted by molar-refractivity contribution is 8.00. The molecule has 0 bridgehead atoms. The number of fused-ring (bicyclic) bond motifs is 1. The van der Waals surface area contributed by atoms with Gasteiger partial charge in [-0.15, -0.1) is 11.8 Å². The van der Waals surface area contributed by atoms with Crippen LogP contribution in [-0.2, 0) is 16.1 Å². The maximum Gasteiger partial charge on any atom is 0.235 e. The third-order valence-corrected chi connectivity index (χ3v) is 7.75. The molecule has 178 valence electrons. The predicted molar refractivity (Wildman–Crippen MR) is 135 cm³/mol. The molecule has 0 saturated carbocycles. The maximum atomic E-state index is 12.7. The Kier molecular flexibility index (Phi) is 6.40. The Morgan fingerprint density at radius 3 is 2.68 bits per heavy atom. The lowest BCUT2D eigenvalue weighted by atomic mass is 9.94. The van der Waals surface area contributed by atoms with Crippen molar-refractivity contribution in [3.8, 4) is 5.75 Å². The lowest BCUT2D eigenvalue weighted by Gasteiger charge is -2.36. The Morgan fingerprint density at radius 2 is 1.94 bits per heavy atom. The number of thioether (sulfide) groups is 1. The summed E-state index contributed by atoms with van der Waals surface area (Å²) in [5.74, 6) is 2.09. The van der Waals surface area contributed by atoms with E-state index in [4.69, 9.17) is 14.6 Å². The summed E-state index contributed by atoms with van der Waals surface area (Å²) < 4.78 is 13.9. The zero-order chi connectivity index (χ0) is 23.7. The highest BCUT2D eigenvalue weighted by Gasteiger charge is 2.36. The Labute approximate surface area is 205 Å². The SMILES string of the molecule is Cc1nn(C2CCOC(C)(C)C2)c2c1C(c1ccc(OCc3ccccc3)cc1)SCC(=O)N2. The zero-order valence-electron chi connectivity index (χ0n) is 19.9. The van der Waals surface area contributed by atoms with E-state index in [1.54, 1.807) is 11.8 Å². The topological polar surface area (TPSA) is 65.4 Å². The number of nitrogens with zero attached hydrogens (tertiary/aromatic N) is 2. The molecule has 2 aliphatic heterocycles. The third-order valence-electron chi connectivity index (χ3n) is 6.48. The molecular weight excluding hydrogens is 446 g/mol. The van der Waals surface area contributed by atoms with Crippen LogP contribution < -0.4 is 10.1 Å². The molecule has 0 aliphatic carbocycles. The fourth-order valence-corrected chi connectivity index (χ4v) is 6.01. The van der Waals surface area contributed by atoms with Gasteiger partial charge in [0.05, 0.1) is 28.3 Å². The molecule has 0 radical (unpaired) electrons. The first-order chi connectivity index (χ1) is 16.4. The van der Waals surface area contributed by atoms with Gasteiger partial charge in [-0.1, -0.05) is 42.5 Å². The van der Waals surface area contributed by atoms with E-state index in [-0.39, 0.29) is 22.8 Å². The zero-order valence-corrected chi connectivity index (χ0v) is 20.7. The van der Waals surface area contributed by atoms with E-state index in [0.717, 1.165) is 46.8 Å². The predicted octanol–water partition coefficient (Wildman–Crippen LogP) is 5.68. The second kappa shape index (κ2) is 9.47. The normalized spacial score (nSPS) is 21.9. The van der Waals surface area contributed by atoms with Gasteiger partial charge < -0.3 is 14.8 Å². The summed E-state index contributed by atoms with van der Waals surface area (Å²) in [6.45, 7) is 7.51. The number of aryl methyl sites for hydroxylation is 1. The first kappa shape index (κ1) is 23.0. The largest absolute Gasteiger partial charge is 0.489 e. The van der Waals surface area contributed by atoms with E-state index in [9.17, 15) is 4.79 Å². The van der Waals surface area contributed by atoms with Crippen LogP contribution in [0.25, 0.3) is 0 Å². The minimum absolute atomic E-state index is 0.0176. The van der Waals surface area contributed by atoms with Crippen LogP contribution >= 0.6 is 11.8 Å². The summed E-state index contributed by atoms with van der Waals surface area (Å²) in [5.41, 5.74) is 4.14. The molecule has 1 amide bonds. The third kappa shape index (κ3) is 4.86.